The monoisotopic (exact) mass is 328 g/mol. The molecular weight excluding hydrogens is 312 g/mol. The normalized spacial score (nSPS) is 12.3. The van der Waals surface area contributed by atoms with E-state index in [0.717, 1.165) is 0 Å². The SMILES string of the molecule is Cc1cc(C(=O)NC(CBr)C(C)C)ccc1[N+](=O)[O-]. The van der Waals surface area contributed by atoms with E-state index < -0.39 is 4.92 Å². The molecule has 0 bridgehead atoms. The Kier molecular flexibility index (Phi) is 5.47. The van der Waals surface area contributed by atoms with Gasteiger partial charge in [-0.05, 0) is 25.0 Å². The Balaban J connectivity index is 2.89. The molecule has 6 heteroatoms. The minimum absolute atomic E-state index is 0.0254. The number of rotatable bonds is 5. The minimum atomic E-state index is -0.452. The van der Waals surface area contributed by atoms with Crippen molar-refractivity contribution in [3.63, 3.8) is 0 Å². The number of halogens is 1. The van der Waals surface area contributed by atoms with Crippen LogP contribution in [0, 0.1) is 23.0 Å². The molecular formula is C13H17BrN2O3. The third kappa shape index (κ3) is 4.02. The first-order valence-electron chi connectivity index (χ1n) is 5.98. The number of alkyl halides is 1. The Hall–Kier alpha value is -1.43. The predicted molar refractivity (Wildman–Crippen MR) is 77.7 cm³/mol. The van der Waals surface area contributed by atoms with Crippen molar-refractivity contribution in [3.8, 4) is 0 Å². The average molecular weight is 329 g/mol. The molecule has 0 spiro atoms. The second kappa shape index (κ2) is 6.65. The Morgan fingerprint density at radius 3 is 2.53 bits per heavy atom. The van der Waals surface area contributed by atoms with Gasteiger partial charge in [-0.2, -0.15) is 0 Å². The highest BCUT2D eigenvalue weighted by Crippen LogP contribution is 2.19. The van der Waals surface area contributed by atoms with E-state index >= 15 is 0 Å². The van der Waals surface area contributed by atoms with Crippen LogP contribution < -0.4 is 5.32 Å². The number of carbonyl (C=O) groups is 1. The quantitative estimate of drug-likeness (QED) is 0.513. The second-order valence-electron chi connectivity index (χ2n) is 4.74. The highest BCUT2D eigenvalue weighted by atomic mass is 79.9. The van der Waals surface area contributed by atoms with Crippen molar-refractivity contribution < 1.29 is 9.72 Å². The molecule has 104 valence electrons. The molecule has 19 heavy (non-hydrogen) atoms. The molecule has 0 saturated carbocycles. The number of hydrogen-bond donors (Lipinski definition) is 1. The van der Waals surface area contributed by atoms with Crippen LogP contribution in [-0.2, 0) is 0 Å². The number of amides is 1. The molecule has 1 amide bonds. The van der Waals surface area contributed by atoms with Crippen molar-refractivity contribution in [1.29, 1.82) is 0 Å². The van der Waals surface area contributed by atoms with Gasteiger partial charge in [-0.25, -0.2) is 0 Å². The Bertz CT molecular complexity index is 489. The first-order valence-corrected chi connectivity index (χ1v) is 7.10. The lowest BCUT2D eigenvalue weighted by molar-refractivity contribution is -0.385. The molecule has 0 radical (unpaired) electrons. The van der Waals surface area contributed by atoms with Gasteiger partial charge in [0.05, 0.1) is 4.92 Å². The van der Waals surface area contributed by atoms with Gasteiger partial charge >= 0.3 is 0 Å². The number of hydrogen-bond acceptors (Lipinski definition) is 3. The number of nitro benzene ring substituents is 1. The van der Waals surface area contributed by atoms with Gasteiger partial charge < -0.3 is 5.32 Å². The molecule has 1 aromatic rings. The first-order chi connectivity index (χ1) is 8.86. The van der Waals surface area contributed by atoms with Crippen LogP contribution in [0.1, 0.15) is 29.8 Å². The van der Waals surface area contributed by atoms with Crippen LogP contribution >= 0.6 is 15.9 Å². The van der Waals surface area contributed by atoms with E-state index in [1.165, 1.54) is 12.1 Å². The van der Waals surface area contributed by atoms with Gasteiger partial charge in [0.2, 0.25) is 0 Å². The Morgan fingerprint density at radius 1 is 1.47 bits per heavy atom. The van der Waals surface area contributed by atoms with E-state index in [1.807, 2.05) is 13.8 Å². The molecule has 0 heterocycles. The molecule has 1 unspecified atom stereocenters. The molecule has 1 rings (SSSR count). The third-order valence-corrected chi connectivity index (χ3v) is 3.64. The van der Waals surface area contributed by atoms with Gasteiger partial charge in [0.25, 0.3) is 11.6 Å². The zero-order valence-electron chi connectivity index (χ0n) is 11.1. The van der Waals surface area contributed by atoms with Crippen LogP contribution in [0.25, 0.3) is 0 Å². The van der Waals surface area contributed by atoms with Crippen LogP contribution in [0.5, 0.6) is 0 Å². The molecule has 1 N–H and O–H groups in total. The molecule has 5 nitrogen and oxygen atoms in total. The lowest BCUT2D eigenvalue weighted by Gasteiger charge is -2.20. The minimum Gasteiger partial charge on any atom is -0.348 e. The summed E-state index contributed by atoms with van der Waals surface area (Å²) in [5.41, 5.74) is 0.949. The summed E-state index contributed by atoms with van der Waals surface area (Å²) in [5, 5.41) is 14.3. The predicted octanol–water partition coefficient (Wildman–Crippen LogP) is 3.05. The highest BCUT2D eigenvalue weighted by Gasteiger charge is 2.18. The van der Waals surface area contributed by atoms with E-state index in [-0.39, 0.29) is 17.6 Å². The first kappa shape index (κ1) is 15.6. The summed E-state index contributed by atoms with van der Waals surface area (Å²) < 4.78 is 0. The summed E-state index contributed by atoms with van der Waals surface area (Å²) in [6.45, 7) is 5.67. The Labute approximate surface area is 120 Å². The van der Waals surface area contributed by atoms with Gasteiger partial charge in [0.1, 0.15) is 0 Å². The summed E-state index contributed by atoms with van der Waals surface area (Å²) in [5.74, 6) is 0.0959. The van der Waals surface area contributed by atoms with Crippen molar-refractivity contribution in [2.75, 3.05) is 5.33 Å². The van der Waals surface area contributed by atoms with Gasteiger partial charge in [-0.1, -0.05) is 29.8 Å². The fourth-order valence-electron chi connectivity index (χ4n) is 1.64. The summed E-state index contributed by atoms with van der Waals surface area (Å²) in [7, 11) is 0. The van der Waals surface area contributed by atoms with Crippen LogP contribution in [0.2, 0.25) is 0 Å². The standard InChI is InChI=1S/C13H17BrN2O3/c1-8(2)11(7-14)15-13(17)10-4-5-12(16(18)19)9(3)6-10/h4-6,8,11H,7H2,1-3H3,(H,15,17). The van der Waals surface area contributed by atoms with Crippen molar-refractivity contribution in [2.24, 2.45) is 5.92 Å². The summed E-state index contributed by atoms with van der Waals surface area (Å²) in [4.78, 5) is 22.3. The molecule has 0 aliphatic carbocycles. The summed E-state index contributed by atoms with van der Waals surface area (Å²) >= 11 is 3.36. The van der Waals surface area contributed by atoms with Gasteiger partial charge in [-0.15, -0.1) is 0 Å². The maximum atomic E-state index is 12.1. The third-order valence-electron chi connectivity index (χ3n) is 2.94. The van der Waals surface area contributed by atoms with E-state index in [1.54, 1.807) is 13.0 Å². The maximum absolute atomic E-state index is 12.1. The fourth-order valence-corrected chi connectivity index (χ4v) is 2.55. The van der Waals surface area contributed by atoms with Gasteiger partial charge in [0.15, 0.2) is 0 Å². The van der Waals surface area contributed by atoms with Gasteiger partial charge in [-0.3, -0.25) is 14.9 Å². The van der Waals surface area contributed by atoms with Crippen LogP contribution in [-0.4, -0.2) is 22.2 Å². The van der Waals surface area contributed by atoms with E-state index in [0.29, 0.717) is 22.4 Å². The van der Waals surface area contributed by atoms with E-state index in [2.05, 4.69) is 21.2 Å². The maximum Gasteiger partial charge on any atom is 0.272 e. The summed E-state index contributed by atoms with van der Waals surface area (Å²) in [6.07, 6.45) is 0. The number of nitro groups is 1. The fraction of sp³-hybridized carbons (Fsp3) is 0.462. The smallest absolute Gasteiger partial charge is 0.272 e. The molecule has 0 fully saturated rings. The molecule has 0 aromatic heterocycles. The highest BCUT2D eigenvalue weighted by molar-refractivity contribution is 9.09. The number of carbonyl (C=O) groups excluding carboxylic acids is 1. The average Bonchev–Trinajstić information content (AvgIpc) is 2.34. The van der Waals surface area contributed by atoms with E-state index in [4.69, 9.17) is 0 Å². The number of benzene rings is 1. The summed E-state index contributed by atoms with van der Waals surface area (Å²) in [6, 6.07) is 4.41. The number of nitrogens with zero attached hydrogens (tertiary/aromatic N) is 1. The van der Waals surface area contributed by atoms with Crippen LogP contribution in [0.3, 0.4) is 0 Å². The van der Waals surface area contributed by atoms with E-state index in [9.17, 15) is 14.9 Å². The van der Waals surface area contributed by atoms with Crippen molar-refractivity contribution in [2.45, 2.75) is 26.8 Å². The lowest BCUT2D eigenvalue weighted by Crippen LogP contribution is -2.39. The van der Waals surface area contributed by atoms with Crippen molar-refractivity contribution in [3.05, 3.63) is 39.4 Å². The second-order valence-corrected chi connectivity index (χ2v) is 5.38. The molecule has 1 aromatic carbocycles. The van der Waals surface area contributed by atoms with Gasteiger partial charge in [0, 0.05) is 28.6 Å². The molecule has 0 aliphatic rings. The molecule has 1 atom stereocenters. The van der Waals surface area contributed by atoms with Crippen molar-refractivity contribution >= 4 is 27.5 Å². The zero-order chi connectivity index (χ0) is 14.6. The molecule has 0 saturated heterocycles. The topological polar surface area (TPSA) is 72.2 Å². The number of aryl methyl sites for hydroxylation is 1. The van der Waals surface area contributed by atoms with Crippen LogP contribution in [0.4, 0.5) is 5.69 Å². The number of nitrogens with one attached hydrogen (secondary N) is 1. The van der Waals surface area contributed by atoms with Crippen LogP contribution in [0.15, 0.2) is 18.2 Å². The molecule has 0 aliphatic heterocycles. The zero-order valence-corrected chi connectivity index (χ0v) is 12.7. The largest absolute Gasteiger partial charge is 0.348 e. The van der Waals surface area contributed by atoms with Crippen molar-refractivity contribution in [1.82, 2.24) is 5.32 Å². The Morgan fingerprint density at radius 2 is 2.11 bits per heavy atom. The lowest BCUT2D eigenvalue weighted by atomic mass is 10.0.